The fourth-order valence-electron chi connectivity index (χ4n) is 4.22. The molecule has 0 radical (unpaired) electrons. The fourth-order valence-corrected chi connectivity index (χ4v) is 4.40. The number of hydrogen-bond donors (Lipinski definition) is 1. The Morgan fingerprint density at radius 1 is 0.810 bits per heavy atom. The highest BCUT2D eigenvalue weighted by Gasteiger charge is 2.37. The molecule has 4 aromatic carbocycles. The second-order valence-corrected chi connectivity index (χ2v) is 9.60. The Balaban J connectivity index is 1.36. The van der Waals surface area contributed by atoms with Crippen LogP contribution >= 0.6 is 11.6 Å². The van der Waals surface area contributed by atoms with Gasteiger partial charge in [0.2, 0.25) is 0 Å². The van der Waals surface area contributed by atoms with E-state index < -0.39 is 23.7 Å². The number of anilines is 1. The van der Waals surface area contributed by atoms with Crippen molar-refractivity contribution in [1.29, 1.82) is 0 Å². The number of nitrogens with zero attached hydrogens (tertiary/aromatic N) is 1. The monoisotopic (exact) mass is 586 g/mol. The lowest BCUT2D eigenvalue weighted by Crippen LogP contribution is -2.54. The van der Waals surface area contributed by atoms with Crippen molar-refractivity contribution in [2.45, 2.75) is 13.2 Å². The van der Waals surface area contributed by atoms with Crippen LogP contribution in [0.1, 0.15) is 16.7 Å². The third-order valence-electron chi connectivity index (χ3n) is 6.32. The third kappa shape index (κ3) is 6.42. The van der Waals surface area contributed by atoms with Crippen LogP contribution in [0.5, 0.6) is 17.2 Å². The predicted octanol–water partition coefficient (Wildman–Crippen LogP) is 6.31. The molecule has 1 heterocycles. The maximum Gasteiger partial charge on any atom is 0.335 e. The van der Waals surface area contributed by atoms with Gasteiger partial charge in [-0.15, -0.1) is 0 Å². The molecule has 1 N–H and O–H groups in total. The first-order valence-electron chi connectivity index (χ1n) is 12.8. The molecule has 8 nitrogen and oxygen atoms in total. The molecular formula is C32H24ClFN2O6. The average Bonchev–Trinajstić information content (AvgIpc) is 2.99. The van der Waals surface area contributed by atoms with Gasteiger partial charge in [-0.25, -0.2) is 14.1 Å². The minimum Gasteiger partial charge on any atom is -0.493 e. The van der Waals surface area contributed by atoms with Crippen molar-refractivity contribution < 1.29 is 33.0 Å². The number of ether oxygens (including phenoxy) is 3. The number of carbonyl (C=O) groups excluding carboxylic acids is 3. The van der Waals surface area contributed by atoms with Crippen molar-refractivity contribution in [1.82, 2.24) is 5.32 Å². The van der Waals surface area contributed by atoms with Gasteiger partial charge in [-0.05, 0) is 71.8 Å². The highest BCUT2D eigenvalue weighted by molar-refractivity contribution is 6.39. The molecule has 1 saturated heterocycles. The number of urea groups is 1. The summed E-state index contributed by atoms with van der Waals surface area (Å²) in [5, 5.41) is 2.48. The first-order chi connectivity index (χ1) is 20.3. The summed E-state index contributed by atoms with van der Waals surface area (Å²) in [7, 11) is 1.55. The predicted molar refractivity (Wildman–Crippen MR) is 155 cm³/mol. The SMILES string of the molecule is COc1cc(COc2ccc(Cl)cc2/C=C2\C(=O)NC(=O)N(c3ccc(F)cc3)C2=O)ccc1OCc1ccccc1. The van der Waals surface area contributed by atoms with E-state index in [4.69, 9.17) is 25.8 Å². The minimum atomic E-state index is -0.943. The van der Waals surface area contributed by atoms with Gasteiger partial charge in [0.05, 0.1) is 12.8 Å². The molecule has 1 aliphatic rings. The van der Waals surface area contributed by atoms with Crippen LogP contribution in [0.4, 0.5) is 14.9 Å². The Morgan fingerprint density at radius 3 is 2.24 bits per heavy atom. The topological polar surface area (TPSA) is 94.2 Å². The zero-order valence-electron chi connectivity index (χ0n) is 22.3. The van der Waals surface area contributed by atoms with Crippen molar-refractivity contribution in [3.8, 4) is 17.2 Å². The Hall–Kier alpha value is -5.15. The van der Waals surface area contributed by atoms with Gasteiger partial charge in [0.1, 0.15) is 30.4 Å². The number of halogens is 2. The summed E-state index contributed by atoms with van der Waals surface area (Å²) in [5.41, 5.74) is 1.90. The molecule has 0 spiro atoms. The molecule has 42 heavy (non-hydrogen) atoms. The first-order valence-corrected chi connectivity index (χ1v) is 13.1. The number of nitrogens with one attached hydrogen (secondary N) is 1. The van der Waals surface area contributed by atoms with Crippen LogP contribution in [-0.2, 0) is 22.8 Å². The molecule has 10 heteroatoms. The van der Waals surface area contributed by atoms with Gasteiger partial charge < -0.3 is 14.2 Å². The number of carbonyl (C=O) groups is 3. The fraction of sp³-hybridized carbons (Fsp3) is 0.0938. The van der Waals surface area contributed by atoms with Gasteiger partial charge in [0.15, 0.2) is 11.5 Å². The number of hydrogen-bond acceptors (Lipinski definition) is 6. The first kappa shape index (κ1) is 28.4. The molecule has 4 amide bonds. The lowest BCUT2D eigenvalue weighted by Gasteiger charge is -2.26. The smallest absolute Gasteiger partial charge is 0.335 e. The number of benzene rings is 4. The van der Waals surface area contributed by atoms with Crippen LogP contribution in [0.2, 0.25) is 5.02 Å². The van der Waals surface area contributed by atoms with E-state index in [1.54, 1.807) is 31.4 Å². The maximum absolute atomic E-state index is 13.4. The van der Waals surface area contributed by atoms with E-state index in [9.17, 15) is 18.8 Å². The van der Waals surface area contributed by atoms with E-state index in [0.29, 0.717) is 34.4 Å². The van der Waals surface area contributed by atoms with E-state index >= 15 is 0 Å². The average molecular weight is 587 g/mol. The van der Waals surface area contributed by atoms with E-state index in [1.165, 1.54) is 24.3 Å². The summed E-state index contributed by atoms with van der Waals surface area (Å²) < 4.78 is 30.9. The van der Waals surface area contributed by atoms with Gasteiger partial charge in [-0.1, -0.05) is 48.0 Å². The molecule has 0 unspecified atom stereocenters. The summed E-state index contributed by atoms with van der Waals surface area (Å²) in [5.74, 6) is -0.865. The van der Waals surface area contributed by atoms with Crippen LogP contribution in [0, 0.1) is 5.82 Å². The van der Waals surface area contributed by atoms with Crippen LogP contribution in [0.3, 0.4) is 0 Å². The molecule has 0 bridgehead atoms. The van der Waals surface area contributed by atoms with E-state index in [0.717, 1.165) is 28.2 Å². The molecule has 1 fully saturated rings. The van der Waals surface area contributed by atoms with Crippen molar-refractivity contribution in [3.63, 3.8) is 0 Å². The zero-order chi connectivity index (χ0) is 29.6. The lowest BCUT2D eigenvalue weighted by atomic mass is 10.1. The molecular weight excluding hydrogens is 563 g/mol. The van der Waals surface area contributed by atoms with Crippen molar-refractivity contribution >= 4 is 41.2 Å². The largest absolute Gasteiger partial charge is 0.493 e. The Kier molecular flexibility index (Phi) is 8.50. The second kappa shape index (κ2) is 12.6. The number of methoxy groups -OCH3 is 1. The standard InChI is InChI=1S/C32H24ClFN2O6/c1-40-29-15-21(7-13-28(29)42-18-20-5-3-2-4-6-20)19-41-27-14-8-23(33)16-22(27)17-26-30(37)35-32(39)36(31(26)38)25-11-9-24(34)10-12-25/h2-17H,18-19H2,1H3,(H,35,37,39)/b26-17+. The van der Waals surface area contributed by atoms with Gasteiger partial charge >= 0.3 is 6.03 Å². The van der Waals surface area contributed by atoms with Crippen LogP contribution < -0.4 is 24.4 Å². The number of rotatable bonds is 9. The van der Waals surface area contributed by atoms with Crippen LogP contribution in [0.15, 0.2) is 96.6 Å². The Labute approximate surface area is 245 Å². The highest BCUT2D eigenvalue weighted by atomic mass is 35.5. The Morgan fingerprint density at radius 2 is 1.50 bits per heavy atom. The second-order valence-electron chi connectivity index (χ2n) is 9.16. The van der Waals surface area contributed by atoms with Gasteiger partial charge in [0, 0.05) is 10.6 Å². The molecule has 0 aliphatic carbocycles. The summed E-state index contributed by atoms with van der Waals surface area (Å²) in [6.07, 6.45) is 1.29. The maximum atomic E-state index is 13.4. The lowest BCUT2D eigenvalue weighted by molar-refractivity contribution is -0.122. The van der Waals surface area contributed by atoms with Crippen molar-refractivity contribution in [2.24, 2.45) is 0 Å². The van der Waals surface area contributed by atoms with Gasteiger partial charge in [-0.2, -0.15) is 0 Å². The molecule has 0 aromatic heterocycles. The molecule has 4 aromatic rings. The van der Waals surface area contributed by atoms with Crippen molar-refractivity contribution in [2.75, 3.05) is 12.0 Å². The number of amides is 4. The van der Waals surface area contributed by atoms with Gasteiger partial charge in [0.25, 0.3) is 11.8 Å². The molecule has 0 saturated carbocycles. The number of imide groups is 2. The molecule has 1 aliphatic heterocycles. The molecule has 0 atom stereocenters. The molecule has 212 valence electrons. The minimum absolute atomic E-state index is 0.102. The summed E-state index contributed by atoms with van der Waals surface area (Å²) in [6, 6.07) is 23.7. The number of barbiturate groups is 1. The summed E-state index contributed by atoms with van der Waals surface area (Å²) >= 11 is 6.22. The molecule has 5 rings (SSSR count). The van der Waals surface area contributed by atoms with Gasteiger partial charge in [-0.3, -0.25) is 14.9 Å². The summed E-state index contributed by atoms with van der Waals surface area (Å²) in [4.78, 5) is 39.1. The van der Waals surface area contributed by atoms with Crippen LogP contribution in [-0.4, -0.2) is 25.0 Å². The zero-order valence-corrected chi connectivity index (χ0v) is 23.1. The van der Waals surface area contributed by atoms with E-state index in [2.05, 4.69) is 5.32 Å². The van der Waals surface area contributed by atoms with E-state index in [-0.39, 0.29) is 17.9 Å². The van der Waals surface area contributed by atoms with Crippen molar-refractivity contribution in [3.05, 3.63) is 124 Å². The van der Waals surface area contributed by atoms with Crippen LogP contribution in [0.25, 0.3) is 6.08 Å². The van der Waals surface area contributed by atoms with E-state index in [1.807, 2.05) is 36.4 Å². The summed E-state index contributed by atoms with van der Waals surface area (Å²) in [6.45, 7) is 0.500. The Bertz CT molecular complexity index is 1670. The third-order valence-corrected chi connectivity index (χ3v) is 6.55. The quantitative estimate of drug-likeness (QED) is 0.182. The normalized spacial score (nSPS) is 14.1. The highest BCUT2D eigenvalue weighted by Crippen LogP contribution is 2.31.